The Hall–Kier alpha value is -1.33. The predicted octanol–water partition coefficient (Wildman–Crippen LogP) is 3.29. The Kier molecular flexibility index (Phi) is 3.81. The highest BCUT2D eigenvalue weighted by Gasteiger charge is 2.24. The highest BCUT2D eigenvalue weighted by Crippen LogP contribution is 2.26. The Balaban J connectivity index is 2.19. The maximum atomic E-state index is 11.3. The minimum atomic E-state index is -0.349. The summed E-state index contributed by atoms with van der Waals surface area (Å²) in [6, 6.07) is 9.70. The number of nitrogens with one attached hydrogen (secondary N) is 1. The second-order valence-corrected chi connectivity index (χ2v) is 5.22. The molecule has 86 valence electrons. The first-order valence-electron chi connectivity index (χ1n) is 4.82. The van der Waals surface area contributed by atoms with Crippen molar-refractivity contribution in [3.8, 4) is 0 Å². The number of rotatable bonds is 2. The summed E-state index contributed by atoms with van der Waals surface area (Å²) in [4.78, 5) is 22.7. The Labute approximate surface area is 111 Å². The maximum Gasteiger partial charge on any atom is 0.290 e. The van der Waals surface area contributed by atoms with Crippen LogP contribution in [0.4, 0.5) is 4.79 Å². The fraction of sp³-hybridized carbons (Fsp3) is 0. The fourth-order valence-electron chi connectivity index (χ4n) is 1.30. The number of hydrogen-bond acceptors (Lipinski definition) is 3. The molecule has 0 bridgehead atoms. The largest absolute Gasteiger partial charge is 0.290 e. The van der Waals surface area contributed by atoms with E-state index in [4.69, 9.17) is 0 Å². The molecule has 0 saturated carbocycles. The lowest BCUT2D eigenvalue weighted by molar-refractivity contribution is -0.115. The Bertz CT molecular complexity index is 523. The number of imide groups is 1. The van der Waals surface area contributed by atoms with Crippen molar-refractivity contribution in [3.63, 3.8) is 0 Å². The molecule has 0 radical (unpaired) electrons. The third-order valence-corrected chi connectivity index (χ3v) is 3.28. The minimum Gasteiger partial charge on any atom is -0.282 e. The van der Waals surface area contributed by atoms with Crippen LogP contribution < -0.4 is 5.32 Å². The van der Waals surface area contributed by atoms with Gasteiger partial charge in [-0.25, -0.2) is 0 Å². The number of thioether (sulfide) groups is 1. The molecule has 5 heteroatoms. The van der Waals surface area contributed by atoms with Crippen LogP contribution in [0.2, 0.25) is 0 Å². The van der Waals surface area contributed by atoms with Gasteiger partial charge in [0.15, 0.2) is 0 Å². The molecule has 0 spiro atoms. The van der Waals surface area contributed by atoms with Crippen LogP contribution in [0.15, 0.2) is 45.8 Å². The van der Waals surface area contributed by atoms with E-state index in [1.54, 1.807) is 6.08 Å². The van der Waals surface area contributed by atoms with Gasteiger partial charge in [-0.2, -0.15) is 0 Å². The summed E-state index contributed by atoms with van der Waals surface area (Å²) in [6.45, 7) is 0. The molecule has 0 aromatic heterocycles. The van der Waals surface area contributed by atoms with Crippen LogP contribution >= 0.6 is 27.7 Å². The molecule has 1 N–H and O–H groups in total. The molecule has 1 fully saturated rings. The van der Waals surface area contributed by atoms with Crippen molar-refractivity contribution < 1.29 is 9.59 Å². The molecule has 3 nitrogen and oxygen atoms in total. The molecular formula is C12H8BrNO2S. The van der Waals surface area contributed by atoms with Crippen LogP contribution in [0.5, 0.6) is 0 Å². The Morgan fingerprint density at radius 1 is 1.24 bits per heavy atom. The number of hydrogen-bond donors (Lipinski definition) is 1. The smallest absolute Gasteiger partial charge is 0.282 e. The fourth-order valence-corrected chi connectivity index (χ4v) is 2.61. The van der Waals surface area contributed by atoms with Crippen molar-refractivity contribution in [1.82, 2.24) is 5.32 Å². The van der Waals surface area contributed by atoms with Crippen molar-refractivity contribution >= 4 is 44.9 Å². The van der Waals surface area contributed by atoms with Crippen LogP contribution in [0.1, 0.15) is 5.56 Å². The Morgan fingerprint density at radius 2 is 1.94 bits per heavy atom. The standard InChI is InChI=1S/C12H8BrNO2S/c13-9(6-8-4-2-1-3-5-8)7-10-11(15)14-12(16)17-10/h1-7H,(H,14,15,16)/b9-6-,10-7-. The normalized spacial score (nSPS) is 18.6. The van der Waals surface area contributed by atoms with Crippen molar-refractivity contribution in [1.29, 1.82) is 0 Å². The lowest BCUT2D eigenvalue weighted by atomic mass is 10.2. The average molecular weight is 310 g/mol. The third kappa shape index (κ3) is 3.31. The number of allylic oxidation sites excluding steroid dienone is 2. The van der Waals surface area contributed by atoms with E-state index < -0.39 is 0 Å². The number of halogens is 1. The van der Waals surface area contributed by atoms with Crippen molar-refractivity contribution in [2.45, 2.75) is 0 Å². The predicted molar refractivity (Wildman–Crippen MR) is 72.6 cm³/mol. The molecule has 1 aromatic rings. The number of amides is 2. The first-order chi connectivity index (χ1) is 8.15. The van der Waals surface area contributed by atoms with E-state index in [1.165, 1.54) is 0 Å². The topological polar surface area (TPSA) is 46.2 Å². The maximum absolute atomic E-state index is 11.3. The second kappa shape index (κ2) is 5.33. The van der Waals surface area contributed by atoms with E-state index in [9.17, 15) is 9.59 Å². The van der Waals surface area contributed by atoms with Gasteiger partial charge in [0.05, 0.1) is 4.91 Å². The molecule has 2 rings (SSSR count). The summed E-state index contributed by atoms with van der Waals surface area (Å²) in [5.41, 5.74) is 1.02. The molecule has 0 aliphatic carbocycles. The summed E-state index contributed by atoms with van der Waals surface area (Å²) >= 11 is 4.26. The van der Waals surface area contributed by atoms with Crippen LogP contribution in [0.3, 0.4) is 0 Å². The monoisotopic (exact) mass is 309 g/mol. The zero-order valence-electron chi connectivity index (χ0n) is 8.64. The SMILES string of the molecule is O=C1NC(=O)/C(=C/C(Br)=C/c2ccccc2)S1. The molecule has 0 unspecified atom stereocenters. The van der Waals surface area contributed by atoms with Crippen LogP contribution in [0, 0.1) is 0 Å². The number of carbonyl (C=O) groups excluding carboxylic acids is 2. The van der Waals surface area contributed by atoms with E-state index in [-0.39, 0.29) is 11.1 Å². The van der Waals surface area contributed by atoms with E-state index >= 15 is 0 Å². The molecule has 0 atom stereocenters. The first-order valence-corrected chi connectivity index (χ1v) is 6.43. The highest BCUT2D eigenvalue weighted by atomic mass is 79.9. The molecule has 1 heterocycles. The molecule has 1 aliphatic rings. The van der Waals surface area contributed by atoms with Gasteiger partial charge in [0.2, 0.25) is 0 Å². The van der Waals surface area contributed by atoms with E-state index in [1.807, 2.05) is 36.4 Å². The second-order valence-electron chi connectivity index (χ2n) is 3.29. The summed E-state index contributed by atoms with van der Waals surface area (Å²) in [7, 11) is 0. The van der Waals surface area contributed by atoms with E-state index in [2.05, 4.69) is 21.2 Å². The van der Waals surface area contributed by atoms with Crippen molar-refractivity contribution in [2.24, 2.45) is 0 Å². The molecule has 17 heavy (non-hydrogen) atoms. The van der Waals surface area contributed by atoms with Gasteiger partial charge < -0.3 is 0 Å². The summed E-state index contributed by atoms with van der Waals surface area (Å²) in [6.07, 6.45) is 3.52. The Morgan fingerprint density at radius 3 is 2.53 bits per heavy atom. The van der Waals surface area contributed by atoms with Gasteiger partial charge in [0, 0.05) is 4.48 Å². The number of carbonyl (C=O) groups is 2. The zero-order chi connectivity index (χ0) is 12.3. The van der Waals surface area contributed by atoms with Gasteiger partial charge in [-0.15, -0.1) is 0 Å². The molecule has 1 aromatic carbocycles. The van der Waals surface area contributed by atoms with Gasteiger partial charge in [-0.3, -0.25) is 14.9 Å². The number of benzene rings is 1. The van der Waals surface area contributed by atoms with Crippen LogP contribution in [-0.4, -0.2) is 11.1 Å². The molecular weight excluding hydrogens is 302 g/mol. The third-order valence-electron chi connectivity index (χ3n) is 2.02. The van der Waals surface area contributed by atoms with Crippen LogP contribution in [-0.2, 0) is 4.79 Å². The molecule has 1 saturated heterocycles. The van der Waals surface area contributed by atoms with Gasteiger partial charge in [-0.1, -0.05) is 46.3 Å². The lowest BCUT2D eigenvalue weighted by Gasteiger charge is -1.94. The summed E-state index contributed by atoms with van der Waals surface area (Å²) in [5, 5.41) is 1.87. The first kappa shape index (κ1) is 12.1. The van der Waals surface area contributed by atoms with E-state index in [0.29, 0.717) is 4.91 Å². The van der Waals surface area contributed by atoms with Crippen molar-refractivity contribution in [3.05, 3.63) is 51.4 Å². The zero-order valence-corrected chi connectivity index (χ0v) is 11.0. The quantitative estimate of drug-likeness (QED) is 0.853. The summed E-state index contributed by atoms with van der Waals surface area (Å²) in [5.74, 6) is -0.349. The van der Waals surface area contributed by atoms with Crippen molar-refractivity contribution in [2.75, 3.05) is 0 Å². The summed E-state index contributed by atoms with van der Waals surface area (Å²) < 4.78 is 0.746. The van der Waals surface area contributed by atoms with Gasteiger partial charge in [0.25, 0.3) is 11.1 Å². The highest BCUT2D eigenvalue weighted by molar-refractivity contribution is 9.12. The van der Waals surface area contributed by atoms with Gasteiger partial charge in [0.1, 0.15) is 0 Å². The van der Waals surface area contributed by atoms with Gasteiger partial charge in [-0.05, 0) is 29.5 Å². The lowest BCUT2D eigenvalue weighted by Crippen LogP contribution is -2.17. The molecule has 2 amide bonds. The molecule has 1 aliphatic heterocycles. The van der Waals surface area contributed by atoms with Gasteiger partial charge >= 0.3 is 0 Å². The van der Waals surface area contributed by atoms with E-state index in [0.717, 1.165) is 21.8 Å². The van der Waals surface area contributed by atoms with Crippen LogP contribution in [0.25, 0.3) is 6.08 Å². The minimum absolute atomic E-state index is 0.332. The average Bonchev–Trinajstić information content (AvgIpc) is 2.58.